The van der Waals surface area contributed by atoms with Gasteiger partial charge in [0, 0.05) is 24.7 Å². The molecule has 3 nitrogen and oxygen atoms in total. The van der Waals surface area contributed by atoms with Gasteiger partial charge in [0.1, 0.15) is 0 Å². The van der Waals surface area contributed by atoms with Crippen LogP contribution in [0.5, 0.6) is 0 Å². The summed E-state index contributed by atoms with van der Waals surface area (Å²) in [7, 11) is 0. The lowest BCUT2D eigenvalue weighted by molar-refractivity contribution is 0.191. The van der Waals surface area contributed by atoms with Crippen LogP contribution in [0, 0.1) is 0 Å². The fraction of sp³-hybridized carbons (Fsp3) is 0.400. The normalized spacial score (nSPS) is 11.3. The van der Waals surface area contributed by atoms with E-state index in [-0.39, 0.29) is 6.61 Å². The van der Waals surface area contributed by atoms with Gasteiger partial charge in [-0.25, -0.2) is 0 Å². The molecule has 0 amide bonds. The summed E-state index contributed by atoms with van der Waals surface area (Å²) < 4.78 is 0. The lowest BCUT2D eigenvalue weighted by Crippen LogP contribution is -2.27. The number of aromatic nitrogens is 1. The van der Waals surface area contributed by atoms with E-state index in [0.29, 0.717) is 0 Å². The van der Waals surface area contributed by atoms with Crippen LogP contribution in [0.2, 0.25) is 0 Å². The van der Waals surface area contributed by atoms with Gasteiger partial charge in [-0.05, 0) is 30.7 Å². The first-order valence-corrected chi connectivity index (χ1v) is 6.51. The van der Waals surface area contributed by atoms with Crippen LogP contribution in [0.1, 0.15) is 18.9 Å². The summed E-state index contributed by atoms with van der Waals surface area (Å²) in [5, 5.41) is 10.3. The van der Waals surface area contributed by atoms with Crippen LogP contribution >= 0.6 is 0 Å². The van der Waals surface area contributed by atoms with Gasteiger partial charge < -0.3 is 5.11 Å². The first-order valence-electron chi connectivity index (χ1n) is 6.51. The van der Waals surface area contributed by atoms with Crippen LogP contribution in [-0.4, -0.2) is 34.7 Å². The molecule has 0 spiro atoms. The molecule has 0 radical (unpaired) electrons. The highest BCUT2D eigenvalue weighted by molar-refractivity contribution is 5.81. The van der Waals surface area contributed by atoms with E-state index in [4.69, 9.17) is 5.11 Å². The molecule has 2 rings (SSSR count). The van der Waals surface area contributed by atoms with Gasteiger partial charge in [-0.3, -0.25) is 9.88 Å². The van der Waals surface area contributed by atoms with E-state index in [1.54, 1.807) is 0 Å². The van der Waals surface area contributed by atoms with E-state index in [2.05, 4.69) is 28.9 Å². The Hall–Kier alpha value is -1.45. The highest BCUT2D eigenvalue weighted by Gasteiger charge is 2.07. The molecule has 0 atom stereocenters. The summed E-state index contributed by atoms with van der Waals surface area (Å²) >= 11 is 0. The Balaban J connectivity index is 2.24. The van der Waals surface area contributed by atoms with E-state index in [0.717, 1.165) is 31.6 Å². The second-order valence-corrected chi connectivity index (χ2v) is 4.49. The van der Waals surface area contributed by atoms with Gasteiger partial charge in [-0.1, -0.05) is 25.1 Å². The number of aliphatic hydroxyl groups excluding tert-OH is 1. The zero-order chi connectivity index (χ0) is 12.8. The molecule has 2 aromatic rings. The minimum atomic E-state index is 0.211. The first kappa shape index (κ1) is 13.0. The smallest absolute Gasteiger partial charge is 0.0705 e. The molecule has 0 bridgehead atoms. The average molecular weight is 244 g/mol. The Kier molecular flexibility index (Phi) is 4.67. The third-order valence-corrected chi connectivity index (χ3v) is 3.09. The molecule has 0 aliphatic heterocycles. The van der Waals surface area contributed by atoms with Crippen LogP contribution in [0.4, 0.5) is 0 Å². The van der Waals surface area contributed by atoms with Crippen LogP contribution in [0.15, 0.2) is 36.5 Å². The molecule has 1 N–H and O–H groups in total. The maximum Gasteiger partial charge on any atom is 0.0705 e. The molecular weight excluding hydrogens is 224 g/mol. The Morgan fingerprint density at radius 3 is 2.78 bits per heavy atom. The van der Waals surface area contributed by atoms with E-state index < -0.39 is 0 Å². The van der Waals surface area contributed by atoms with Crippen LogP contribution in [0.3, 0.4) is 0 Å². The van der Waals surface area contributed by atoms with Crippen molar-refractivity contribution in [2.45, 2.75) is 19.9 Å². The predicted molar refractivity (Wildman–Crippen MR) is 74.4 cm³/mol. The fourth-order valence-corrected chi connectivity index (χ4v) is 2.26. The second-order valence-electron chi connectivity index (χ2n) is 4.49. The molecule has 1 aromatic heterocycles. The number of benzene rings is 1. The van der Waals surface area contributed by atoms with Gasteiger partial charge in [0.2, 0.25) is 0 Å². The molecule has 0 saturated carbocycles. The third kappa shape index (κ3) is 3.06. The molecule has 96 valence electrons. The zero-order valence-electron chi connectivity index (χ0n) is 10.8. The van der Waals surface area contributed by atoms with Crippen molar-refractivity contribution in [1.29, 1.82) is 0 Å². The molecule has 0 aliphatic carbocycles. The van der Waals surface area contributed by atoms with Gasteiger partial charge in [-0.15, -0.1) is 0 Å². The minimum absolute atomic E-state index is 0.211. The van der Waals surface area contributed by atoms with E-state index in [1.807, 2.05) is 24.4 Å². The van der Waals surface area contributed by atoms with Crippen molar-refractivity contribution >= 4 is 10.9 Å². The van der Waals surface area contributed by atoms with Gasteiger partial charge in [0.25, 0.3) is 0 Å². The number of rotatable bonds is 6. The molecule has 1 aromatic carbocycles. The van der Waals surface area contributed by atoms with Crippen molar-refractivity contribution in [3.63, 3.8) is 0 Å². The van der Waals surface area contributed by atoms with Gasteiger partial charge in [0.15, 0.2) is 0 Å². The molecular formula is C15H20N2O. The van der Waals surface area contributed by atoms with Crippen LogP contribution in [0.25, 0.3) is 10.9 Å². The molecule has 0 unspecified atom stereocenters. The molecule has 0 fully saturated rings. The quantitative estimate of drug-likeness (QED) is 0.848. The predicted octanol–water partition coefficient (Wildman–Crippen LogP) is 2.44. The summed E-state index contributed by atoms with van der Waals surface area (Å²) in [4.78, 5) is 6.65. The lowest BCUT2D eigenvalue weighted by atomic mass is 10.1. The number of para-hydroxylation sites is 1. The topological polar surface area (TPSA) is 36.4 Å². The largest absolute Gasteiger partial charge is 0.395 e. The zero-order valence-corrected chi connectivity index (χ0v) is 10.8. The van der Waals surface area contributed by atoms with Crippen molar-refractivity contribution in [2.75, 3.05) is 19.7 Å². The summed E-state index contributed by atoms with van der Waals surface area (Å²) in [6.07, 6.45) is 2.96. The van der Waals surface area contributed by atoms with Crippen molar-refractivity contribution in [1.82, 2.24) is 9.88 Å². The van der Waals surface area contributed by atoms with Gasteiger partial charge in [-0.2, -0.15) is 0 Å². The summed E-state index contributed by atoms with van der Waals surface area (Å²) in [5.41, 5.74) is 2.32. The average Bonchev–Trinajstić information content (AvgIpc) is 2.40. The SMILES string of the molecule is CCCN(CCO)Cc1ccnc2ccccc12. The first-order chi connectivity index (χ1) is 8.85. The summed E-state index contributed by atoms with van der Waals surface area (Å²) in [6.45, 7) is 4.98. The molecule has 1 heterocycles. The monoisotopic (exact) mass is 244 g/mol. The van der Waals surface area contributed by atoms with E-state index in [9.17, 15) is 0 Å². The number of fused-ring (bicyclic) bond motifs is 1. The number of nitrogens with zero attached hydrogens (tertiary/aromatic N) is 2. The van der Waals surface area contributed by atoms with Crippen LogP contribution < -0.4 is 0 Å². The minimum Gasteiger partial charge on any atom is -0.395 e. The summed E-state index contributed by atoms with van der Waals surface area (Å²) in [5.74, 6) is 0. The molecule has 3 heteroatoms. The van der Waals surface area contributed by atoms with Crippen molar-refractivity contribution < 1.29 is 5.11 Å². The highest BCUT2D eigenvalue weighted by Crippen LogP contribution is 2.17. The van der Waals surface area contributed by atoms with Gasteiger partial charge in [0.05, 0.1) is 12.1 Å². The second kappa shape index (κ2) is 6.47. The Labute approximate surface area is 108 Å². The lowest BCUT2D eigenvalue weighted by Gasteiger charge is -2.21. The van der Waals surface area contributed by atoms with Crippen molar-refractivity contribution in [3.8, 4) is 0 Å². The third-order valence-electron chi connectivity index (χ3n) is 3.09. The van der Waals surface area contributed by atoms with Gasteiger partial charge >= 0.3 is 0 Å². The Bertz CT molecular complexity index is 487. The standard InChI is InChI=1S/C15H20N2O/c1-2-9-17(10-11-18)12-13-7-8-16-15-6-4-3-5-14(13)15/h3-8,18H,2,9-12H2,1H3. The molecule has 18 heavy (non-hydrogen) atoms. The van der Waals surface area contributed by atoms with E-state index >= 15 is 0 Å². The number of aliphatic hydroxyl groups is 1. The van der Waals surface area contributed by atoms with Crippen LogP contribution in [-0.2, 0) is 6.54 Å². The fourth-order valence-electron chi connectivity index (χ4n) is 2.26. The molecule has 0 saturated heterocycles. The number of hydrogen-bond acceptors (Lipinski definition) is 3. The maximum atomic E-state index is 9.10. The Morgan fingerprint density at radius 2 is 2.00 bits per heavy atom. The summed E-state index contributed by atoms with van der Waals surface area (Å²) in [6, 6.07) is 10.3. The molecule has 0 aliphatic rings. The highest BCUT2D eigenvalue weighted by atomic mass is 16.3. The Morgan fingerprint density at radius 1 is 1.17 bits per heavy atom. The maximum absolute atomic E-state index is 9.10. The van der Waals surface area contributed by atoms with Crippen molar-refractivity contribution in [2.24, 2.45) is 0 Å². The number of pyridine rings is 1. The van der Waals surface area contributed by atoms with Crippen molar-refractivity contribution in [3.05, 3.63) is 42.1 Å². The van der Waals surface area contributed by atoms with E-state index in [1.165, 1.54) is 10.9 Å². The number of hydrogen-bond donors (Lipinski definition) is 1.